The molecule has 0 saturated carbocycles. The molecule has 0 aliphatic carbocycles. The zero-order valence-electron chi connectivity index (χ0n) is 11.5. The van der Waals surface area contributed by atoms with Crippen molar-refractivity contribution in [2.45, 2.75) is 12.0 Å². The highest BCUT2D eigenvalue weighted by Gasteiger charge is 2.42. The van der Waals surface area contributed by atoms with E-state index >= 15 is 0 Å². The summed E-state index contributed by atoms with van der Waals surface area (Å²) in [6.45, 7) is 0.158. The third kappa shape index (κ3) is 2.66. The molecule has 0 saturated heterocycles. The summed E-state index contributed by atoms with van der Waals surface area (Å²) in [6.07, 6.45) is -0.505. The third-order valence-electron chi connectivity index (χ3n) is 3.73. The molecule has 6 heteroatoms. The molecular weight excluding hydrogens is 370 g/mol. The summed E-state index contributed by atoms with van der Waals surface area (Å²) >= 11 is 9.56. The van der Waals surface area contributed by atoms with Gasteiger partial charge in [0.05, 0.1) is 16.0 Å². The van der Waals surface area contributed by atoms with Gasteiger partial charge in [0.2, 0.25) is 0 Å². The second-order valence-electron chi connectivity index (χ2n) is 5.15. The number of fused-ring (bicyclic) bond motifs is 1. The Balaban J connectivity index is 2.03. The molecule has 114 valence electrons. The van der Waals surface area contributed by atoms with E-state index in [9.17, 15) is 4.79 Å². The molecule has 22 heavy (non-hydrogen) atoms. The van der Waals surface area contributed by atoms with Gasteiger partial charge in [0.15, 0.2) is 5.60 Å². The summed E-state index contributed by atoms with van der Waals surface area (Å²) in [7, 11) is 0. The van der Waals surface area contributed by atoms with E-state index in [0.29, 0.717) is 21.7 Å². The number of amides is 1. The SMILES string of the molecule is O=C(O)NCC1(c2ccccc2)Cc2ccc(Cl)c(Br)c2O1. The van der Waals surface area contributed by atoms with E-state index in [-0.39, 0.29) is 6.54 Å². The molecule has 0 fully saturated rings. The molecule has 1 aliphatic rings. The Morgan fingerprint density at radius 1 is 1.32 bits per heavy atom. The lowest BCUT2D eigenvalue weighted by Crippen LogP contribution is -2.43. The summed E-state index contributed by atoms with van der Waals surface area (Å²) in [5, 5.41) is 12.0. The van der Waals surface area contributed by atoms with Gasteiger partial charge in [-0.05, 0) is 33.1 Å². The van der Waals surface area contributed by atoms with Crippen LogP contribution in [-0.4, -0.2) is 17.7 Å². The summed E-state index contributed by atoms with van der Waals surface area (Å²) in [5.41, 5.74) is 1.14. The molecule has 0 spiro atoms. The average molecular weight is 383 g/mol. The van der Waals surface area contributed by atoms with Crippen LogP contribution in [0, 0.1) is 0 Å². The van der Waals surface area contributed by atoms with Gasteiger partial charge in [-0.2, -0.15) is 0 Å². The molecule has 0 bridgehead atoms. The van der Waals surface area contributed by atoms with Crippen molar-refractivity contribution in [2.75, 3.05) is 6.54 Å². The Bertz CT molecular complexity index is 723. The number of benzene rings is 2. The van der Waals surface area contributed by atoms with Gasteiger partial charge >= 0.3 is 6.09 Å². The smallest absolute Gasteiger partial charge is 0.404 e. The van der Waals surface area contributed by atoms with Crippen molar-refractivity contribution in [3.8, 4) is 5.75 Å². The van der Waals surface area contributed by atoms with Crippen LogP contribution >= 0.6 is 27.5 Å². The zero-order chi connectivity index (χ0) is 15.7. The number of ether oxygens (including phenoxy) is 1. The Morgan fingerprint density at radius 2 is 2.05 bits per heavy atom. The molecule has 1 aliphatic heterocycles. The van der Waals surface area contributed by atoms with Gasteiger partial charge in [-0.1, -0.05) is 48.0 Å². The van der Waals surface area contributed by atoms with Gasteiger partial charge in [-0.15, -0.1) is 0 Å². The van der Waals surface area contributed by atoms with E-state index in [1.807, 2.05) is 36.4 Å². The Hall–Kier alpha value is -1.72. The van der Waals surface area contributed by atoms with Crippen LogP contribution in [0.25, 0.3) is 0 Å². The molecular formula is C16H13BrClNO3. The molecule has 2 aromatic carbocycles. The lowest BCUT2D eigenvalue weighted by molar-refractivity contribution is 0.0891. The number of hydrogen-bond acceptors (Lipinski definition) is 2. The normalized spacial score (nSPS) is 19.4. The van der Waals surface area contributed by atoms with E-state index in [0.717, 1.165) is 11.1 Å². The molecule has 0 radical (unpaired) electrons. The van der Waals surface area contributed by atoms with E-state index in [1.54, 1.807) is 6.07 Å². The lowest BCUT2D eigenvalue weighted by Gasteiger charge is -2.29. The van der Waals surface area contributed by atoms with E-state index in [2.05, 4.69) is 21.2 Å². The number of hydrogen-bond donors (Lipinski definition) is 2. The van der Waals surface area contributed by atoms with Gasteiger partial charge in [0, 0.05) is 6.42 Å². The lowest BCUT2D eigenvalue weighted by atomic mass is 9.89. The van der Waals surface area contributed by atoms with Crippen LogP contribution in [0.5, 0.6) is 5.75 Å². The maximum absolute atomic E-state index is 10.9. The first-order valence-electron chi connectivity index (χ1n) is 6.70. The highest BCUT2D eigenvalue weighted by atomic mass is 79.9. The first-order chi connectivity index (χ1) is 10.5. The number of carboxylic acid groups (broad SMARTS) is 1. The maximum Gasteiger partial charge on any atom is 0.404 e. The molecule has 3 rings (SSSR count). The van der Waals surface area contributed by atoms with Crippen LogP contribution in [0.1, 0.15) is 11.1 Å². The molecule has 2 N–H and O–H groups in total. The molecule has 0 aromatic heterocycles. The number of rotatable bonds is 3. The highest BCUT2D eigenvalue weighted by Crippen LogP contribution is 2.47. The minimum absolute atomic E-state index is 0.158. The predicted octanol–water partition coefficient (Wildman–Crippen LogP) is 4.20. The fourth-order valence-corrected chi connectivity index (χ4v) is 3.30. The van der Waals surface area contributed by atoms with Crippen molar-refractivity contribution in [2.24, 2.45) is 0 Å². The summed E-state index contributed by atoms with van der Waals surface area (Å²) in [5.74, 6) is 0.670. The van der Waals surface area contributed by atoms with Gasteiger partial charge < -0.3 is 15.2 Å². The fraction of sp³-hybridized carbons (Fsp3) is 0.188. The van der Waals surface area contributed by atoms with Crippen molar-refractivity contribution < 1.29 is 14.6 Å². The van der Waals surface area contributed by atoms with Gasteiger partial charge in [-0.3, -0.25) is 0 Å². The second-order valence-corrected chi connectivity index (χ2v) is 6.35. The van der Waals surface area contributed by atoms with Crippen molar-refractivity contribution in [3.63, 3.8) is 0 Å². The van der Waals surface area contributed by atoms with Crippen molar-refractivity contribution >= 4 is 33.6 Å². The van der Waals surface area contributed by atoms with Crippen LogP contribution in [0.4, 0.5) is 4.79 Å². The maximum atomic E-state index is 10.9. The molecule has 4 nitrogen and oxygen atoms in total. The monoisotopic (exact) mass is 381 g/mol. The average Bonchev–Trinajstić information content (AvgIpc) is 2.91. The first-order valence-corrected chi connectivity index (χ1v) is 7.87. The van der Waals surface area contributed by atoms with Crippen LogP contribution in [0.15, 0.2) is 46.9 Å². The first kappa shape index (κ1) is 15.2. The minimum atomic E-state index is -1.08. The van der Waals surface area contributed by atoms with Crippen LogP contribution in [-0.2, 0) is 12.0 Å². The molecule has 1 unspecified atom stereocenters. The summed E-state index contributed by atoms with van der Waals surface area (Å²) in [4.78, 5) is 10.9. The summed E-state index contributed by atoms with van der Waals surface area (Å²) in [6, 6.07) is 13.3. The van der Waals surface area contributed by atoms with Gasteiger partial charge in [0.1, 0.15) is 5.75 Å². The van der Waals surface area contributed by atoms with Crippen LogP contribution in [0.2, 0.25) is 5.02 Å². The standard InChI is InChI=1S/C16H13BrClNO3/c17-13-12(18)7-6-10-8-16(22-14(10)13,9-19-15(20)21)11-4-2-1-3-5-11/h1-7,19H,8-9H2,(H,20,21). The number of nitrogens with one attached hydrogen (secondary N) is 1. The third-order valence-corrected chi connectivity index (χ3v) is 5.06. The largest absolute Gasteiger partial charge is 0.479 e. The number of halogens is 2. The minimum Gasteiger partial charge on any atom is -0.479 e. The molecule has 1 amide bonds. The second kappa shape index (κ2) is 5.82. The molecule has 1 heterocycles. The fourth-order valence-electron chi connectivity index (χ4n) is 2.68. The van der Waals surface area contributed by atoms with E-state index < -0.39 is 11.7 Å². The van der Waals surface area contributed by atoms with Crippen LogP contribution < -0.4 is 10.1 Å². The highest BCUT2D eigenvalue weighted by molar-refractivity contribution is 9.10. The molecule has 1 atom stereocenters. The predicted molar refractivity (Wildman–Crippen MR) is 87.6 cm³/mol. The quantitative estimate of drug-likeness (QED) is 0.836. The van der Waals surface area contributed by atoms with Gasteiger partial charge in [0.25, 0.3) is 0 Å². The Morgan fingerprint density at radius 3 is 2.73 bits per heavy atom. The van der Waals surface area contributed by atoms with Crippen molar-refractivity contribution in [1.29, 1.82) is 0 Å². The topological polar surface area (TPSA) is 58.6 Å². The Labute approximate surface area is 141 Å². The molecule has 2 aromatic rings. The zero-order valence-corrected chi connectivity index (χ0v) is 13.8. The van der Waals surface area contributed by atoms with E-state index in [1.165, 1.54) is 0 Å². The Kier molecular flexibility index (Phi) is 4.02. The van der Waals surface area contributed by atoms with Gasteiger partial charge in [-0.25, -0.2) is 4.79 Å². The van der Waals surface area contributed by atoms with E-state index in [4.69, 9.17) is 21.4 Å². The summed E-state index contributed by atoms with van der Waals surface area (Å²) < 4.78 is 6.88. The van der Waals surface area contributed by atoms with Crippen molar-refractivity contribution in [3.05, 3.63) is 63.1 Å². The van der Waals surface area contributed by atoms with Crippen molar-refractivity contribution in [1.82, 2.24) is 5.32 Å². The number of carbonyl (C=O) groups is 1. The van der Waals surface area contributed by atoms with Crippen LogP contribution in [0.3, 0.4) is 0 Å².